The lowest BCUT2D eigenvalue weighted by atomic mass is 10.3. The van der Waals surface area contributed by atoms with Crippen LogP contribution in [0, 0.1) is 13.0 Å². The third-order valence-corrected chi connectivity index (χ3v) is 6.39. The van der Waals surface area contributed by atoms with Crippen molar-refractivity contribution < 1.29 is 30.3 Å². The predicted octanol–water partition coefficient (Wildman–Crippen LogP) is 0.725. The minimum Gasteiger partial charge on any atom is -0.497 e. The molecule has 0 spiro atoms. The number of hydrogen-bond acceptors (Lipinski definition) is 1. The maximum Gasteiger partial charge on any atom is 0.359 e. The van der Waals surface area contributed by atoms with Gasteiger partial charge in [-0.05, 0) is 52.3 Å². The van der Waals surface area contributed by atoms with Gasteiger partial charge in [0.15, 0.2) is 3.57 Å². The number of methoxy groups -OCH3 is 1. The molecule has 0 saturated heterocycles. The molecule has 2 aromatic carbocycles. The number of halogens is 3. The summed E-state index contributed by atoms with van der Waals surface area (Å²) in [6.45, 7) is 0. The van der Waals surface area contributed by atoms with E-state index in [1.54, 1.807) is 19.2 Å². The lowest BCUT2D eigenvalue weighted by molar-refractivity contribution is -0.598. The van der Waals surface area contributed by atoms with Gasteiger partial charge in [-0.1, -0.05) is 0 Å². The number of rotatable bonds is 3. The smallest absolute Gasteiger partial charge is 0.359 e. The SMILES string of the molecule is COc1ccc([I+]c2cc(F)ccc2Br)cc1. The first kappa shape index (κ1) is 12.8. The van der Waals surface area contributed by atoms with E-state index < -0.39 is 0 Å². The minimum atomic E-state index is -0.370. The average molecular weight is 408 g/mol. The molecule has 0 heterocycles. The Morgan fingerprint density at radius 2 is 1.82 bits per heavy atom. The molecule has 88 valence electrons. The van der Waals surface area contributed by atoms with Gasteiger partial charge in [0.05, 0.1) is 11.6 Å². The monoisotopic (exact) mass is 407 g/mol. The molecule has 0 aliphatic heterocycles. The highest BCUT2D eigenvalue weighted by atomic mass is 127. The standard InChI is InChI=1S/C13H10BrFIO/c1-17-11-5-3-10(4-6-11)16-13-8-9(15)2-7-12(13)14/h2-8H,1H3/q+1. The topological polar surface area (TPSA) is 9.23 Å². The summed E-state index contributed by atoms with van der Waals surface area (Å²) in [5.74, 6) is 0.660. The molecule has 0 saturated carbocycles. The highest BCUT2D eigenvalue weighted by Crippen LogP contribution is 2.10. The molecular formula is C13H10BrFIO+. The molecule has 1 nitrogen and oxygen atoms in total. The molecule has 0 fully saturated rings. The Balaban J connectivity index is 2.22. The fourth-order valence-corrected chi connectivity index (χ4v) is 4.32. The van der Waals surface area contributed by atoms with Crippen LogP contribution in [0.5, 0.6) is 5.75 Å². The van der Waals surface area contributed by atoms with Gasteiger partial charge in [-0.25, -0.2) is 4.39 Å². The molecule has 0 bridgehead atoms. The van der Waals surface area contributed by atoms with Crippen LogP contribution in [-0.4, -0.2) is 7.11 Å². The quantitative estimate of drug-likeness (QED) is 0.538. The second-order valence-corrected chi connectivity index (χ2v) is 7.11. The van der Waals surface area contributed by atoms with Crippen molar-refractivity contribution in [1.29, 1.82) is 0 Å². The molecule has 0 aliphatic rings. The summed E-state index contributed by atoms with van der Waals surface area (Å²) in [5.41, 5.74) is 0. The Morgan fingerprint density at radius 3 is 2.47 bits per heavy atom. The van der Waals surface area contributed by atoms with E-state index in [1.165, 1.54) is 9.64 Å². The van der Waals surface area contributed by atoms with Crippen LogP contribution in [0.25, 0.3) is 0 Å². The fraction of sp³-hybridized carbons (Fsp3) is 0.0769. The predicted molar refractivity (Wildman–Crippen MR) is 64.5 cm³/mol. The van der Waals surface area contributed by atoms with Gasteiger partial charge in [0.25, 0.3) is 0 Å². The van der Waals surface area contributed by atoms with Crippen LogP contribution in [-0.2, 0) is 0 Å². The molecule has 0 N–H and O–H groups in total. The van der Waals surface area contributed by atoms with E-state index in [-0.39, 0.29) is 27.0 Å². The lowest BCUT2D eigenvalue weighted by Crippen LogP contribution is -3.61. The van der Waals surface area contributed by atoms with Gasteiger partial charge in [0, 0.05) is 6.07 Å². The number of ether oxygens (including phenoxy) is 1. The zero-order valence-electron chi connectivity index (χ0n) is 9.08. The van der Waals surface area contributed by atoms with Gasteiger partial charge in [-0.15, -0.1) is 0 Å². The molecule has 0 amide bonds. The van der Waals surface area contributed by atoms with Crippen molar-refractivity contribution >= 4 is 15.9 Å². The van der Waals surface area contributed by atoms with E-state index in [0.29, 0.717) is 0 Å². The Hall–Kier alpha value is -0.620. The molecule has 0 radical (unpaired) electrons. The number of benzene rings is 2. The second kappa shape index (κ2) is 5.82. The van der Waals surface area contributed by atoms with E-state index in [2.05, 4.69) is 15.9 Å². The molecule has 0 aromatic heterocycles. The van der Waals surface area contributed by atoms with Crippen molar-refractivity contribution in [3.05, 3.63) is 59.9 Å². The Kier molecular flexibility index (Phi) is 4.39. The molecule has 2 aromatic rings. The van der Waals surface area contributed by atoms with Crippen LogP contribution >= 0.6 is 15.9 Å². The summed E-state index contributed by atoms with van der Waals surface area (Å²) in [6, 6.07) is 12.7. The molecule has 0 unspecified atom stereocenters. The fourth-order valence-electron chi connectivity index (χ4n) is 1.29. The maximum atomic E-state index is 13.1. The van der Waals surface area contributed by atoms with Gasteiger partial charge in [0.1, 0.15) is 11.6 Å². The minimum absolute atomic E-state index is 0.184. The van der Waals surface area contributed by atoms with Crippen molar-refractivity contribution in [2.75, 3.05) is 7.11 Å². The Morgan fingerprint density at radius 1 is 1.12 bits per heavy atom. The molecule has 0 atom stereocenters. The summed E-state index contributed by atoms with van der Waals surface area (Å²) in [7, 11) is 1.65. The van der Waals surface area contributed by atoms with Gasteiger partial charge in [-0.2, -0.15) is 0 Å². The normalized spacial score (nSPS) is 10.3. The summed E-state index contributed by atoms with van der Waals surface area (Å²) in [6.07, 6.45) is 0. The first-order chi connectivity index (χ1) is 8.19. The molecule has 0 aliphatic carbocycles. The van der Waals surface area contributed by atoms with Crippen molar-refractivity contribution in [2.24, 2.45) is 0 Å². The Bertz CT molecular complexity index is 513. The van der Waals surface area contributed by atoms with Crippen LogP contribution in [0.15, 0.2) is 46.9 Å². The molecule has 17 heavy (non-hydrogen) atoms. The van der Waals surface area contributed by atoms with E-state index >= 15 is 0 Å². The second-order valence-electron chi connectivity index (χ2n) is 3.31. The lowest BCUT2D eigenvalue weighted by Gasteiger charge is -1.96. The van der Waals surface area contributed by atoms with Gasteiger partial charge in [-0.3, -0.25) is 0 Å². The maximum absolute atomic E-state index is 13.1. The van der Waals surface area contributed by atoms with Crippen molar-refractivity contribution in [3.63, 3.8) is 0 Å². The van der Waals surface area contributed by atoms with E-state index in [0.717, 1.165) is 13.8 Å². The van der Waals surface area contributed by atoms with Crippen molar-refractivity contribution in [2.45, 2.75) is 0 Å². The largest absolute Gasteiger partial charge is 0.497 e. The first-order valence-electron chi connectivity index (χ1n) is 4.93. The molecule has 2 rings (SSSR count). The van der Waals surface area contributed by atoms with Crippen LogP contribution in [0.4, 0.5) is 4.39 Å². The summed E-state index contributed by atoms with van der Waals surface area (Å²) >= 11 is 3.08. The van der Waals surface area contributed by atoms with Gasteiger partial charge >= 0.3 is 21.2 Å². The van der Waals surface area contributed by atoms with Crippen LogP contribution in [0.2, 0.25) is 0 Å². The van der Waals surface area contributed by atoms with Crippen molar-refractivity contribution in [3.8, 4) is 5.75 Å². The van der Waals surface area contributed by atoms with Crippen LogP contribution in [0.1, 0.15) is 0 Å². The summed E-state index contributed by atoms with van der Waals surface area (Å²) in [4.78, 5) is 0. The molecular weight excluding hydrogens is 398 g/mol. The van der Waals surface area contributed by atoms with Crippen molar-refractivity contribution in [1.82, 2.24) is 0 Å². The van der Waals surface area contributed by atoms with E-state index in [9.17, 15) is 4.39 Å². The van der Waals surface area contributed by atoms with E-state index in [4.69, 9.17) is 4.74 Å². The highest BCUT2D eigenvalue weighted by Gasteiger charge is 2.19. The average Bonchev–Trinajstić information content (AvgIpc) is 2.35. The molecule has 4 heteroatoms. The zero-order chi connectivity index (χ0) is 12.3. The summed E-state index contributed by atoms with van der Waals surface area (Å²) in [5, 5.41) is 0. The van der Waals surface area contributed by atoms with Gasteiger partial charge in [0.2, 0.25) is 3.57 Å². The van der Waals surface area contributed by atoms with Crippen LogP contribution in [0.3, 0.4) is 0 Å². The third-order valence-electron chi connectivity index (χ3n) is 2.14. The highest BCUT2D eigenvalue weighted by molar-refractivity contribution is 9.10. The van der Waals surface area contributed by atoms with Crippen LogP contribution < -0.4 is 25.9 Å². The third kappa shape index (κ3) is 3.42. The number of hydrogen-bond donors (Lipinski definition) is 0. The van der Waals surface area contributed by atoms with Gasteiger partial charge < -0.3 is 4.74 Å². The zero-order valence-corrected chi connectivity index (χ0v) is 12.8. The van der Waals surface area contributed by atoms with E-state index in [1.807, 2.05) is 24.3 Å². The first-order valence-corrected chi connectivity index (χ1v) is 7.88. The Labute approximate surface area is 118 Å². The summed E-state index contributed by atoms with van der Waals surface area (Å²) < 4.78 is 21.5.